The molecule has 2 aromatic heterocycles. The molecule has 7 aromatic rings. The topological polar surface area (TPSA) is 77.3 Å². The first-order valence-electron chi connectivity index (χ1n) is 18.4. The summed E-state index contributed by atoms with van der Waals surface area (Å²) in [7, 11) is 0. The number of rotatable bonds is 12. The van der Waals surface area contributed by atoms with E-state index >= 15 is 0 Å². The molecular weight excluding hydrogens is 661 g/mol. The molecule has 0 saturated heterocycles. The lowest BCUT2D eigenvalue weighted by Gasteiger charge is -2.33. The minimum Gasteiger partial charge on any atom is -0.208 e. The molecule has 6 nitrogen and oxygen atoms in total. The summed E-state index contributed by atoms with van der Waals surface area (Å²) in [6, 6.07) is 48.8. The van der Waals surface area contributed by atoms with Gasteiger partial charge >= 0.3 is 0 Å². The number of hydrogen-bond donors (Lipinski definition) is 0. The third-order valence-electron chi connectivity index (χ3n) is 9.95. The van der Waals surface area contributed by atoms with Gasteiger partial charge in [-0.3, -0.25) is 0 Å². The third-order valence-corrected chi connectivity index (χ3v) is 9.95. The number of aromatic nitrogens is 6. The zero-order valence-electron chi connectivity index (χ0n) is 30.9. The Morgan fingerprint density at radius 1 is 0.463 bits per heavy atom. The Hall–Kier alpha value is -6.66. The van der Waals surface area contributed by atoms with Gasteiger partial charge in [-0.25, -0.2) is 29.9 Å². The Balaban J connectivity index is 1.20. The van der Waals surface area contributed by atoms with Crippen LogP contribution in [0.3, 0.4) is 0 Å². The van der Waals surface area contributed by atoms with Crippen molar-refractivity contribution in [3.05, 3.63) is 187 Å². The molecule has 0 N–H and O–H groups in total. The van der Waals surface area contributed by atoms with Crippen LogP contribution in [0.5, 0.6) is 0 Å². The molecule has 5 aromatic carbocycles. The van der Waals surface area contributed by atoms with E-state index in [4.69, 9.17) is 29.9 Å². The Bertz CT molecular complexity index is 2280. The lowest BCUT2D eigenvalue weighted by molar-refractivity contribution is 0.478. The first kappa shape index (κ1) is 35.7. The maximum Gasteiger partial charge on any atom is 0.164 e. The standard InChI is InChI=1S/C48H42N6/c1-5-35(42-49-43(36-20-12-8-13-21-36)51-44(50-42)37-22-14-9-15-23-37)29-28-34(4)48(6-2,7-3)41-32-30-40(31-33-41)47-53-45(38-24-16-10-17-25-38)52-46(54-47)39-26-18-11-19-27-39/h5,8-33H,4,6-7H2,1-3H3/b29-28-,35-5+. The summed E-state index contributed by atoms with van der Waals surface area (Å²) < 4.78 is 0. The van der Waals surface area contributed by atoms with Gasteiger partial charge in [-0.15, -0.1) is 0 Å². The molecule has 54 heavy (non-hydrogen) atoms. The zero-order chi connectivity index (χ0) is 37.3. The molecule has 0 bridgehead atoms. The summed E-state index contributed by atoms with van der Waals surface area (Å²) in [5.74, 6) is 3.79. The first-order valence-corrected chi connectivity index (χ1v) is 18.4. The summed E-state index contributed by atoms with van der Waals surface area (Å²) in [5, 5.41) is 0. The second kappa shape index (κ2) is 16.3. The van der Waals surface area contributed by atoms with Gasteiger partial charge in [0.25, 0.3) is 0 Å². The Labute approximate surface area is 317 Å². The lowest BCUT2D eigenvalue weighted by Crippen LogP contribution is -2.26. The highest BCUT2D eigenvalue weighted by Gasteiger charge is 2.30. The normalized spacial score (nSPS) is 11.9. The van der Waals surface area contributed by atoms with Crippen LogP contribution in [-0.4, -0.2) is 29.9 Å². The molecule has 7 rings (SSSR count). The van der Waals surface area contributed by atoms with Crippen LogP contribution < -0.4 is 0 Å². The molecular formula is C48H42N6. The molecule has 0 unspecified atom stereocenters. The van der Waals surface area contributed by atoms with E-state index in [1.54, 1.807) is 0 Å². The van der Waals surface area contributed by atoms with E-state index in [9.17, 15) is 0 Å². The van der Waals surface area contributed by atoms with Gasteiger partial charge in [-0.05, 0) is 30.9 Å². The first-order chi connectivity index (χ1) is 26.5. The fraction of sp³-hybridized carbons (Fsp3) is 0.125. The van der Waals surface area contributed by atoms with Crippen molar-refractivity contribution in [3.63, 3.8) is 0 Å². The zero-order valence-corrected chi connectivity index (χ0v) is 30.9. The second-order valence-electron chi connectivity index (χ2n) is 13.0. The Morgan fingerprint density at radius 2 is 0.796 bits per heavy atom. The second-order valence-corrected chi connectivity index (χ2v) is 13.0. The molecule has 6 heteroatoms. The van der Waals surface area contributed by atoms with Gasteiger partial charge in [0, 0.05) is 38.8 Å². The van der Waals surface area contributed by atoms with Crippen molar-refractivity contribution < 1.29 is 0 Å². The quantitative estimate of drug-likeness (QED) is 0.118. The van der Waals surface area contributed by atoms with Crippen LogP contribution in [0.1, 0.15) is 45.0 Å². The molecule has 0 aliphatic carbocycles. The minimum atomic E-state index is -0.291. The van der Waals surface area contributed by atoms with Crippen molar-refractivity contribution in [1.29, 1.82) is 0 Å². The van der Waals surface area contributed by atoms with Gasteiger partial charge in [0.1, 0.15) is 0 Å². The van der Waals surface area contributed by atoms with Crippen LogP contribution in [0.25, 0.3) is 62.5 Å². The molecule has 0 atom stereocenters. The fourth-order valence-electron chi connectivity index (χ4n) is 6.76. The van der Waals surface area contributed by atoms with E-state index in [2.05, 4.69) is 56.8 Å². The molecule has 0 amide bonds. The van der Waals surface area contributed by atoms with E-state index in [1.165, 1.54) is 5.56 Å². The van der Waals surface area contributed by atoms with Crippen LogP contribution in [0.15, 0.2) is 176 Å². The smallest absolute Gasteiger partial charge is 0.164 e. The van der Waals surface area contributed by atoms with E-state index in [1.807, 2.05) is 134 Å². The van der Waals surface area contributed by atoms with Gasteiger partial charge in [0.2, 0.25) is 0 Å². The summed E-state index contributed by atoms with van der Waals surface area (Å²) in [4.78, 5) is 29.5. The molecule has 0 fully saturated rings. The Morgan fingerprint density at radius 3 is 1.13 bits per heavy atom. The molecule has 2 heterocycles. The monoisotopic (exact) mass is 702 g/mol. The molecule has 264 valence electrons. The summed E-state index contributed by atoms with van der Waals surface area (Å²) in [6.07, 6.45) is 7.99. The Kier molecular flexibility index (Phi) is 10.8. The average Bonchev–Trinajstić information content (AvgIpc) is 3.25. The number of nitrogens with zero attached hydrogens (tertiary/aromatic N) is 6. The van der Waals surface area contributed by atoms with Crippen molar-refractivity contribution in [2.75, 3.05) is 0 Å². The molecule has 0 aliphatic heterocycles. The predicted molar refractivity (Wildman–Crippen MR) is 221 cm³/mol. The number of hydrogen-bond acceptors (Lipinski definition) is 6. The van der Waals surface area contributed by atoms with Crippen molar-refractivity contribution in [2.45, 2.75) is 39.0 Å². The van der Waals surface area contributed by atoms with Gasteiger partial charge < -0.3 is 0 Å². The summed E-state index contributed by atoms with van der Waals surface area (Å²) >= 11 is 0. The summed E-state index contributed by atoms with van der Waals surface area (Å²) in [5.41, 5.74) is 7.48. The maximum atomic E-state index is 4.94. The molecule has 0 saturated carbocycles. The predicted octanol–water partition coefficient (Wildman–Crippen LogP) is 11.7. The summed E-state index contributed by atoms with van der Waals surface area (Å²) in [6.45, 7) is 11.1. The highest BCUT2D eigenvalue weighted by atomic mass is 15.0. The maximum absolute atomic E-state index is 4.94. The molecule has 0 radical (unpaired) electrons. The van der Waals surface area contributed by atoms with Crippen molar-refractivity contribution in [2.24, 2.45) is 0 Å². The lowest BCUT2D eigenvalue weighted by atomic mass is 9.70. The SMILES string of the molecule is C=C(/C=C\C(=C/C)c1nc(-c2ccccc2)nc(-c2ccccc2)n1)C(CC)(CC)c1ccc(-c2nc(-c3ccccc3)nc(-c3ccccc3)n2)cc1. The van der Waals surface area contributed by atoms with E-state index in [0.717, 1.165) is 51.8 Å². The fourth-order valence-corrected chi connectivity index (χ4v) is 6.76. The molecule has 0 aliphatic rings. The van der Waals surface area contributed by atoms with E-state index < -0.39 is 0 Å². The van der Waals surface area contributed by atoms with Gasteiger partial charge in [0.05, 0.1) is 0 Å². The van der Waals surface area contributed by atoms with E-state index in [-0.39, 0.29) is 5.41 Å². The van der Waals surface area contributed by atoms with Crippen LogP contribution in [0.4, 0.5) is 0 Å². The van der Waals surface area contributed by atoms with Crippen molar-refractivity contribution >= 4 is 5.57 Å². The van der Waals surface area contributed by atoms with Gasteiger partial charge in [-0.2, -0.15) is 0 Å². The van der Waals surface area contributed by atoms with Crippen molar-refractivity contribution in [3.8, 4) is 56.9 Å². The number of allylic oxidation sites excluding steroid dienone is 5. The van der Waals surface area contributed by atoms with E-state index in [0.29, 0.717) is 34.9 Å². The van der Waals surface area contributed by atoms with Crippen LogP contribution in [0.2, 0.25) is 0 Å². The van der Waals surface area contributed by atoms with Crippen LogP contribution >= 0.6 is 0 Å². The van der Waals surface area contributed by atoms with Gasteiger partial charge in [0.15, 0.2) is 34.9 Å². The minimum absolute atomic E-state index is 0.291. The van der Waals surface area contributed by atoms with Crippen LogP contribution in [0, 0.1) is 0 Å². The average molecular weight is 703 g/mol. The highest BCUT2D eigenvalue weighted by molar-refractivity contribution is 5.73. The molecule has 0 spiro atoms. The largest absolute Gasteiger partial charge is 0.208 e. The van der Waals surface area contributed by atoms with Gasteiger partial charge in [-0.1, -0.05) is 184 Å². The highest BCUT2D eigenvalue weighted by Crippen LogP contribution is 2.40. The number of benzene rings is 5. The van der Waals surface area contributed by atoms with Crippen molar-refractivity contribution in [1.82, 2.24) is 29.9 Å². The van der Waals surface area contributed by atoms with Crippen LogP contribution in [-0.2, 0) is 5.41 Å². The third kappa shape index (κ3) is 7.59.